The standard InChI is InChI=1S/C72H62O4/c1-47-21-31-62(41-51(47)5)73-60-35-27-58(28-36-60)72(7,57-17-9-8-10-18-57)59-29-37-61(38-30-59)74-64-33-23-49(3)55(44-64)43-56-45-65(34-24-50(56)4)76-71-40-26-54-16-12-14-20-67(54)69(71)46-68-66-19-13-11-15-53(66)25-39-70(68)75-63-32-22-48(2)52(6)42-63/h8-42,44-45H,43,46H2,1-7H3. The third-order valence-electron chi connectivity index (χ3n) is 15.5. The molecule has 11 aromatic rings. The van der Waals surface area contributed by atoms with E-state index in [9.17, 15) is 0 Å². The van der Waals surface area contributed by atoms with Gasteiger partial charge in [-0.25, -0.2) is 0 Å². The minimum Gasteiger partial charge on any atom is -0.457 e. The molecule has 0 fully saturated rings. The number of benzene rings is 11. The highest BCUT2D eigenvalue weighted by Gasteiger charge is 2.31. The minimum atomic E-state index is -0.432. The fourth-order valence-electron chi connectivity index (χ4n) is 10.4. The van der Waals surface area contributed by atoms with Gasteiger partial charge in [-0.2, -0.15) is 0 Å². The van der Waals surface area contributed by atoms with Crippen molar-refractivity contribution in [2.45, 2.75) is 66.7 Å². The molecule has 0 heterocycles. The van der Waals surface area contributed by atoms with E-state index in [4.69, 9.17) is 18.9 Å². The molecule has 4 nitrogen and oxygen atoms in total. The number of aryl methyl sites for hydroxylation is 6. The first-order valence-electron chi connectivity index (χ1n) is 26.3. The normalized spacial score (nSPS) is 12.1. The van der Waals surface area contributed by atoms with Gasteiger partial charge < -0.3 is 18.9 Å². The van der Waals surface area contributed by atoms with Gasteiger partial charge in [0.1, 0.15) is 46.0 Å². The van der Waals surface area contributed by atoms with Gasteiger partial charge in [-0.05, 0) is 223 Å². The van der Waals surface area contributed by atoms with E-state index in [1.165, 1.54) is 61.0 Å². The van der Waals surface area contributed by atoms with E-state index in [2.05, 4.69) is 267 Å². The van der Waals surface area contributed by atoms with Gasteiger partial charge >= 0.3 is 0 Å². The van der Waals surface area contributed by atoms with E-state index >= 15 is 0 Å². The van der Waals surface area contributed by atoms with Crippen LogP contribution in [0.1, 0.15) is 79.2 Å². The summed E-state index contributed by atoms with van der Waals surface area (Å²) in [7, 11) is 0. The second-order valence-electron chi connectivity index (χ2n) is 20.5. The topological polar surface area (TPSA) is 36.9 Å². The Labute approximate surface area is 447 Å². The van der Waals surface area contributed by atoms with Gasteiger partial charge in [-0.3, -0.25) is 0 Å². The molecule has 0 aliphatic carbocycles. The number of ether oxygens (including phenoxy) is 4. The Morgan fingerprint density at radius 3 is 1.12 bits per heavy atom. The van der Waals surface area contributed by atoms with Gasteiger partial charge in [-0.1, -0.05) is 140 Å². The highest BCUT2D eigenvalue weighted by atomic mass is 16.5. The average Bonchev–Trinajstić information content (AvgIpc) is 3.46. The van der Waals surface area contributed by atoms with E-state index in [0.717, 1.165) is 78.8 Å². The Balaban J connectivity index is 0.844. The van der Waals surface area contributed by atoms with Crippen molar-refractivity contribution in [2.24, 2.45) is 0 Å². The van der Waals surface area contributed by atoms with Crippen molar-refractivity contribution in [2.75, 3.05) is 0 Å². The zero-order valence-corrected chi connectivity index (χ0v) is 44.4. The van der Waals surface area contributed by atoms with Crippen molar-refractivity contribution < 1.29 is 18.9 Å². The van der Waals surface area contributed by atoms with Gasteiger partial charge in [0.25, 0.3) is 0 Å². The molecular weight excluding hydrogens is 929 g/mol. The van der Waals surface area contributed by atoms with Crippen molar-refractivity contribution in [3.05, 3.63) is 297 Å². The molecule has 76 heavy (non-hydrogen) atoms. The van der Waals surface area contributed by atoms with Crippen molar-refractivity contribution >= 4 is 21.5 Å². The van der Waals surface area contributed by atoms with Gasteiger partial charge in [0.2, 0.25) is 0 Å². The lowest BCUT2D eigenvalue weighted by Crippen LogP contribution is -2.25. The zero-order chi connectivity index (χ0) is 52.3. The van der Waals surface area contributed by atoms with Crippen LogP contribution in [0.3, 0.4) is 0 Å². The van der Waals surface area contributed by atoms with Crippen LogP contribution in [0, 0.1) is 41.5 Å². The first-order chi connectivity index (χ1) is 36.9. The maximum Gasteiger partial charge on any atom is 0.131 e. The number of rotatable bonds is 15. The molecule has 0 bridgehead atoms. The summed E-state index contributed by atoms with van der Waals surface area (Å²) in [6, 6.07) is 78.7. The molecular formula is C72H62O4. The minimum absolute atomic E-state index is 0.432. The fourth-order valence-corrected chi connectivity index (χ4v) is 10.4. The summed E-state index contributed by atoms with van der Waals surface area (Å²) in [6.07, 6.45) is 1.32. The summed E-state index contributed by atoms with van der Waals surface area (Å²) >= 11 is 0. The summed E-state index contributed by atoms with van der Waals surface area (Å²) in [5.74, 6) is 6.47. The number of hydrogen-bond acceptors (Lipinski definition) is 4. The fraction of sp³-hybridized carbons (Fsp3) is 0.139. The summed E-state index contributed by atoms with van der Waals surface area (Å²) in [6.45, 7) is 15.1. The lowest BCUT2D eigenvalue weighted by atomic mass is 9.71. The van der Waals surface area contributed by atoms with Crippen LogP contribution in [0.25, 0.3) is 21.5 Å². The van der Waals surface area contributed by atoms with E-state index in [-0.39, 0.29) is 0 Å². The molecule has 1 atom stereocenters. The quantitative estimate of drug-likeness (QED) is 0.0959. The van der Waals surface area contributed by atoms with Gasteiger partial charge in [-0.15, -0.1) is 0 Å². The summed E-state index contributed by atoms with van der Waals surface area (Å²) in [4.78, 5) is 0. The molecule has 0 radical (unpaired) electrons. The molecule has 0 aliphatic rings. The second-order valence-corrected chi connectivity index (χ2v) is 20.5. The predicted octanol–water partition coefficient (Wildman–Crippen LogP) is 19.5. The Kier molecular flexibility index (Phi) is 13.7. The molecule has 4 heteroatoms. The average molecular weight is 991 g/mol. The smallest absolute Gasteiger partial charge is 0.131 e. The van der Waals surface area contributed by atoms with Gasteiger partial charge in [0.15, 0.2) is 0 Å². The van der Waals surface area contributed by atoms with E-state index in [1.807, 2.05) is 6.07 Å². The molecule has 0 aromatic heterocycles. The Morgan fingerprint density at radius 2 is 0.658 bits per heavy atom. The molecule has 374 valence electrons. The third kappa shape index (κ3) is 10.3. The molecule has 11 rings (SSSR count). The Bertz CT molecular complexity index is 3890. The Hall–Kier alpha value is -8.86. The van der Waals surface area contributed by atoms with Gasteiger partial charge in [0.05, 0.1) is 0 Å². The summed E-state index contributed by atoms with van der Waals surface area (Å²) in [5, 5.41) is 4.63. The molecule has 0 aliphatic heterocycles. The van der Waals surface area contributed by atoms with Crippen molar-refractivity contribution in [3.63, 3.8) is 0 Å². The van der Waals surface area contributed by atoms with Crippen molar-refractivity contribution in [1.29, 1.82) is 0 Å². The molecule has 0 amide bonds. The molecule has 0 spiro atoms. The first-order valence-corrected chi connectivity index (χ1v) is 26.3. The van der Waals surface area contributed by atoms with Gasteiger partial charge in [0, 0.05) is 23.0 Å². The van der Waals surface area contributed by atoms with Crippen LogP contribution in [0.15, 0.2) is 224 Å². The first kappa shape index (κ1) is 49.4. The second kappa shape index (κ2) is 21.2. The van der Waals surface area contributed by atoms with Crippen LogP contribution in [0.2, 0.25) is 0 Å². The van der Waals surface area contributed by atoms with E-state index < -0.39 is 5.41 Å². The maximum atomic E-state index is 7.01. The largest absolute Gasteiger partial charge is 0.457 e. The lowest BCUT2D eigenvalue weighted by molar-refractivity contribution is 0.472. The molecule has 0 saturated heterocycles. The number of hydrogen-bond donors (Lipinski definition) is 0. The molecule has 0 saturated carbocycles. The van der Waals surface area contributed by atoms with Crippen LogP contribution < -0.4 is 18.9 Å². The molecule has 0 N–H and O–H groups in total. The highest BCUT2D eigenvalue weighted by Crippen LogP contribution is 2.43. The maximum absolute atomic E-state index is 7.01. The SMILES string of the molecule is Cc1ccc(Oc2ccc(C(C)(c3ccccc3)c3ccc(Oc4ccc(C)c(Cc5cc(Oc6ccc7ccccc7c6Cc6c(Oc7ccc(C)c(C)c7)ccc7ccccc67)ccc5C)c4)cc3)cc2)cc1C. The number of fused-ring (bicyclic) bond motifs is 2. The highest BCUT2D eigenvalue weighted by molar-refractivity contribution is 5.92. The monoisotopic (exact) mass is 990 g/mol. The molecule has 11 aromatic carbocycles. The van der Waals surface area contributed by atoms with Crippen LogP contribution in [0.5, 0.6) is 46.0 Å². The van der Waals surface area contributed by atoms with E-state index in [0.29, 0.717) is 12.8 Å². The van der Waals surface area contributed by atoms with Crippen LogP contribution in [0.4, 0.5) is 0 Å². The van der Waals surface area contributed by atoms with Crippen molar-refractivity contribution in [3.8, 4) is 46.0 Å². The van der Waals surface area contributed by atoms with Crippen LogP contribution >= 0.6 is 0 Å². The molecule has 1 unspecified atom stereocenters. The predicted molar refractivity (Wildman–Crippen MR) is 313 cm³/mol. The zero-order valence-electron chi connectivity index (χ0n) is 44.4. The van der Waals surface area contributed by atoms with Crippen molar-refractivity contribution in [1.82, 2.24) is 0 Å². The lowest BCUT2D eigenvalue weighted by Gasteiger charge is -2.32. The van der Waals surface area contributed by atoms with Crippen LogP contribution in [-0.2, 0) is 18.3 Å². The third-order valence-corrected chi connectivity index (χ3v) is 15.5. The van der Waals surface area contributed by atoms with Crippen LogP contribution in [-0.4, -0.2) is 0 Å². The van der Waals surface area contributed by atoms with E-state index in [1.54, 1.807) is 0 Å². The Morgan fingerprint density at radius 1 is 0.289 bits per heavy atom. The summed E-state index contributed by atoms with van der Waals surface area (Å²) in [5.41, 5.74) is 15.0. The summed E-state index contributed by atoms with van der Waals surface area (Å²) < 4.78 is 26.7.